The average Bonchev–Trinajstić information content (AvgIpc) is 1.37. The predicted molar refractivity (Wildman–Crippen MR) is 23.0 cm³/mol. The Labute approximate surface area is 36.3 Å². The van der Waals surface area contributed by atoms with Crippen molar-refractivity contribution in [3.8, 4) is 0 Å². The van der Waals surface area contributed by atoms with Crippen LogP contribution in [-0.4, -0.2) is 22.7 Å². The van der Waals surface area contributed by atoms with Crippen molar-refractivity contribution in [3.05, 3.63) is 12.7 Å². The van der Waals surface area contributed by atoms with Gasteiger partial charge in [-0.1, -0.05) is 6.08 Å². The summed E-state index contributed by atoms with van der Waals surface area (Å²) in [6.07, 6.45) is 1.43. The van der Waals surface area contributed by atoms with E-state index < -0.39 is 0 Å². The molecule has 2 heteroatoms. The fourth-order valence-corrected chi connectivity index (χ4v) is 0. The molecule has 5 heavy (non-hydrogen) atoms. The molecule has 0 rings (SSSR count). The second-order valence-corrected chi connectivity index (χ2v) is 0.471. The van der Waals surface area contributed by atoms with Gasteiger partial charge in [0, 0.05) is 11.0 Å². The largest absolute Gasteiger partial charge is 0.392 e. The first kappa shape index (κ1) is 8.87. The molecule has 1 nitrogen and oxygen atoms in total. The molecule has 0 fully saturated rings. The van der Waals surface area contributed by atoms with E-state index in [4.69, 9.17) is 5.11 Å². The van der Waals surface area contributed by atoms with Crippen molar-refractivity contribution in [2.75, 3.05) is 6.61 Å². The number of hydrogen-bond acceptors (Lipinski definition) is 1. The van der Waals surface area contributed by atoms with Crippen LogP contribution in [0.15, 0.2) is 12.7 Å². The van der Waals surface area contributed by atoms with Crippen LogP contribution in [0.1, 0.15) is 0 Å². The van der Waals surface area contributed by atoms with Gasteiger partial charge in [-0.15, -0.1) is 6.58 Å². The summed E-state index contributed by atoms with van der Waals surface area (Å²) in [5.41, 5.74) is 0. The molecule has 0 heterocycles. The second kappa shape index (κ2) is 9.07. The maximum absolute atomic E-state index is 7.76. The fraction of sp³-hybridized carbons (Fsp3) is 0.333. The van der Waals surface area contributed by atoms with Gasteiger partial charge < -0.3 is 5.11 Å². The summed E-state index contributed by atoms with van der Waals surface area (Å²) in [7, 11) is 0. The van der Waals surface area contributed by atoms with Crippen LogP contribution < -0.4 is 0 Å². The average molecular weight is 86.2 g/mol. The summed E-state index contributed by atoms with van der Waals surface area (Å²) >= 11 is 0. The van der Waals surface area contributed by atoms with E-state index in [0.717, 1.165) is 0 Å². The Balaban J connectivity index is 0. The number of rotatable bonds is 1. The van der Waals surface area contributed by atoms with E-state index in [1.54, 1.807) is 0 Å². The Kier molecular flexibility index (Phi) is 16.1. The van der Waals surface area contributed by atoms with Crippen molar-refractivity contribution in [2.24, 2.45) is 0 Å². The summed E-state index contributed by atoms with van der Waals surface area (Å²) in [6, 6.07) is 0. The summed E-state index contributed by atoms with van der Waals surface area (Å²) in [6.45, 7) is 3.31. The van der Waals surface area contributed by atoms with Crippen molar-refractivity contribution >= 4 is 11.0 Å². The van der Waals surface area contributed by atoms with Crippen LogP contribution in [0.3, 0.4) is 0 Å². The van der Waals surface area contributed by atoms with Crippen molar-refractivity contribution in [3.63, 3.8) is 0 Å². The Morgan fingerprint density at radius 1 is 1.80 bits per heavy atom. The van der Waals surface area contributed by atoms with Gasteiger partial charge in [0.1, 0.15) is 0 Å². The molecule has 0 unspecified atom stereocenters. The topological polar surface area (TPSA) is 20.2 Å². The molecule has 0 saturated carbocycles. The maximum atomic E-state index is 7.76. The van der Waals surface area contributed by atoms with Gasteiger partial charge in [0.15, 0.2) is 0 Å². The number of aliphatic hydroxyl groups excluding tert-OH is 1. The van der Waals surface area contributed by atoms with Gasteiger partial charge in [-0.25, -0.2) is 0 Å². The van der Waals surface area contributed by atoms with Gasteiger partial charge in [-0.3, -0.25) is 0 Å². The van der Waals surface area contributed by atoms with Gasteiger partial charge in [-0.2, -0.15) is 0 Å². The van der Waals surface area contributed by atoms with Crippen LogP contribution in [-0.2, 0) is 0 Å². The van der Waals surface area contributed by atoms with Crippen molar-refractivity contribution < 1.29 is 5.11 Å². The number of aliphatic hydroxyl groups is 1. The molecule has 0 saturated heterocycles. The Morgan fingerprint density at radius 2 is 2.00 bits per heavy atom. The van der Waals surface area contributed by atoms with Crippen molar-refractivity contribution in [1.29, 1.82) is 0 Å². The van der Waals surface area contributed by atoms with Crippen LogP contribution in [0.5, 0.6) is 0 Å². The smallest absolute Gasteiger partial charge is 0.0609 e. The lowest BCUT2D eigenvalue weighted by atomic mass is 10.7. The normalized spacial score (nSPS) is 5.00. The van der Waals surface area contributed by atoms with Gasteiger partial charge in [-0.05, 0) is 0 Å². The van der Waals surface area contributed by atoms with E-state index >= 15 is 0 Å². The first-order chi connectivity index (χ1) is 1.91. The zero-order valence-electron chi connectivity index (χ0n) is 2.94. The van der Waals surface area contributed by atoms with Crippen LogP contribution in [0.2, 0.25) is 0 Å². The molecule has 0 bridgehead atoms. The van der Waals surface area contributed by atoms with E-state index in [2.05, 4.69) is 6.58 Å². The number of hydrogen-bond donors (Lipinski definition) is 1. The van der Waals surface area contributed by atoms with Gasteiger partial charge >= 0.3 is 0 Å². The molecule has 0 spiro atoms. The van der Waals surface area contributed by atoms with E-state index in [-0.39, 0.29) is 17.6 Å². The van der Waals surface area contributed by atoms with Crippen molar-refractivity contribution in [2.45, 2.75) is 0 Å². The van der Waals surface area contributed by atoms with Gasteiger partial charge in [0.05, 0.1) is 6.61 Å². The molecule has 28 valence electrons. The molecule has 0 aliphatic carbocycles. The Morgan fingerprint density at radius 3 is 2.00 bits per heavy atom. The van der Waals surface area contributed by atoms with E-state index in [1.807, 2.05) is 0 Å². The third-order valence-corrected chi connectivity index (χ3v) is 0.129. The molecular weight excluding hydrogens is 80.1 g/mol. The van der Waals surface area contributed by atoms with Crippen molar-refractivity contribution in [1.82, 2.24) is 0 Å². The zero-order chi connectivity index (χ0) is 3.41. The molecule has 0 aliphatic rings. The maximum Gasteiger partial charge on any atom is 0.0609 e. The molecule has 0 aliphatic heterocycles. The molecule has 0 aromatic carbocycles. The highest BCUT2D eigenvalue weighted by molar-refractivity contribution is 5.75. The summed E-state index contributed by atoms with van der Waals surface area (Å²) in [5, 5.41) is 7.76. The van der Waals surface area contributed by atoms with E-state index in [1.165, 1.54) is 6.08 Å². The van der Waals surface area contributed by atoms with Crippen LogP contribution in [0.4, 0.5) is 0 Å². The lowest BCUT2D eigenvalue weighted by Gasteiger charge is -1.60. The molecule has 0 amide bonds. The van der Waals surface area contributed by atoms with Crippen LogP contribution in [0, 0.1) is 0 Å². The molecule has 1 N–H and O–H groups in total. The lowest BCUT2D eigenvalue weighted by molar-refractivity contribution is 0.343. The SMILES string of the molecule is C=CCO.[Si]. The zero-order valence-corrected chi connectivity index (χ0v) is 3.94. The Hall–Kier alpha value is -0.0831. The lowest BCUT2D eigenvalue weighted by Crippen LogP contribution is -1.62. The quantitative estimate of drug-likeness (QED) is 0.345. The Bertz CT molecular complexity index is 20.9. The second-order valence-electron chi connectivity index (χ2n) is 0.471. The summed E-state index contributed by atoms with van der Waals surface area (Å²) in [5.74, 6) is 0. The molecular formula is C3H6OSi. The van der Waals surface area contributed by atoms with Gasteiger partial charge in [0.25, 0.3) is 0 Å². The van der Waals surface area contributed by atoms with Gasteiger partial charge in [0.2, 0.25) is 0 Å². The highest BCUT2D eigenvalue weighted by Gasteiger charge is 1.45. The minimum absolute atomic E-state index is 0. The minimum atomic E-state index is 0. The highest BCUT2D eigenvalue weighted by atomic mass is 28.1. The third kappa shape index (κ3) is 17.1. The summed E-state index contributed by atoms with van der Waals surface area (Å²) in [4.78, 5) is 0. The summed E-state index contributed by atoms with van der Waals surface area (Å²) < 4.78 is 0. The van der Waals surface area contributed by atoms with Crippen LogP contribution in [0.25, 0.3) is 0 Å². The van der Waals surface area contributed by atoms with E-state index in [0.29, 0.717) is 0 Å². The molecule has 0 atom stereocenters. The molecule has 0 aromatic rings. The first-order valence-electron chi connectivity index (χ1n) is 1.13. The predicted octanol–water partition coefficient (Wildman–Crippen LogP) is -0.216. The fourth-order valence-electron chi connectivity index (χ4n) is 0. The first-order valence-corrected chi connectivity index (χ1v) is 1.13. The monoisotopic (exact) mass is 86.0 g/mol. The molecule has 4 radical (unpaired) electrons. The third-order valence-electron chi connectivity index (χ3n) is 0.129. The highest BCUT2D eigenvalue weighted by Crippen LogP contribution is 1.46. The van der Waals surface area contributed by atoms with E-state index in [9.17, 15) is 0 Å². The molecule has 0 aromatic heterocycles. The van der Waals surface area contributed by atoms with Crippen LogP contribution >= 0.6 is 0 Å². The standard InChI is InChI=1S/C3H6O.Si/c1-2-3-4;/h2,4H,1,3H2;. The minimum Gasteiger partial charge on any atom is -0.392 e.